The summed E-state index contributed by atoms with van der Waals surface area (Å²) in [7, 11) is -1.78. The number of sulfonamides is 1. The Hall–Kier alpha value is -2.28. The van der Waals surface area contributed by atoms with Gasteiger partial charge in [0.15, 0.2) is 5.82 Å². The molecule has 0 amide bonds. The van der Waals surface area contributed by atoms with Crippen molar-refractivity contribution in [2.75, 3.05) is 30.5 Å². The van der Waals surface area contributed by atoms with Gasteiger partial charge >= 0.3 is 0 Å². The zero-order valence-corrected chi connectivity index (χ0v) is 23.1. The number of fused-ring (bicyclic) bond motifs is 1. The monoisotopic (exact) mass is 572 g/mol. The molecule has 38 heavy (non-hydrogen) atoms. The number of rotatable bonds is 10. The van der Waals surface area contributed by atoms with E-state index in [1.54, 1.807) is 7.11 Å². The lowest BCUT2D eigenvalue weighted by molar-refractivity contribution is 0.140. The Balaban J connectivity index is 1.55. The molecule has 0 bridgehead atoms. The summed E-state index contributed by atoms with van der Waals surface area (Å²) in [6.45, 7) is -0.314. The molecule has 1 unspecified atom stereocenters. The van der Waals surface area contributed by atoms with Crippen LogP contribution in [0.25, 0.3) is 0 Å². The summed E-state index contributed by atoms with van der Waals surface area (Å²) in [6, 6.07) is 3.47. The minimum atomic E-state index is -3.36. The van der Waals surface area contributed by atoms with Crippen molar-refractivity contribution in [3.05, 3.63) is 34.5 Å². The van der Waals surface area contributed by atoms with Gasteiger partial charge in [0.25, 0.3) is 6.43 Å². The molecule has 1 heterocycles. The van der Waals surface area contributed by atoms with Crippen LogP contribution in [0, 0.1) is 0 Å². The first-order chi connectivity index (χ1) is 18.1. The number of hydrogen-bond acceptors (Lipinski definition) is 8. The van der Waals surface area contributed by atoms with Crippen molar-refractivity contribution < 1.29 is 21.9 Å². The van der Waals surface area contributed by atoms with Gasteiger partial charge in [-0.3, -0.25) is 0 Å². The molecule has 1 fully saturated rings. The molecule has 4 rings (SSSR count). The highest BCUT2D eigenvalue weighted by Crippen LogP contribution is 2.37. The first kappa shape index (κ1) is 28.7. The Morgan fingerprint density at radius 2 is 1.87 bits per heavy atom. The van der Waals surface area contributed by atoms with E-state index in [1.165, 1.54) is 6.20 Å². The Morgan fingerprint density at radius 1 is 1.13 bits per heavy atom. The molecule has 0 saturated heterocycles. The molecule has 2 aromatic rings. The molecular formula is C25H35ClF2N6O3S. The molecule has 0 spiro atoms. The van der Waals surface area contributed by atoms with Crippen LogP contribution in [0.5, 0.6) is 5.75 Å². The molecule has 0 aliphatic heterocycles. The molecule has 9 nitrogen and oxygen atoms in total. The number of alkyl halides is 2. The number of halogens is 3. The van der Waals surface area contributed by atoms with Gasteiger partial charge in [0.05, 0.1) is 31.8 Å². The number of nitrogens with zero attached hydrogens (tertiary/aromatic N) is 2. The summed E-state index contributed by atoms with van der Waals surface area (Å²) < 4.78 is 57.5. The van der Waals surface area contributed by atoms with Crippen LogP contribution < -0.4 is 25.4 Å². The maximum Gasteiger partial charge on any atom is 0.250 e. The molecule has 3 atom stereocenters. The number of hydrogen-bond donors (Lipinski definition) is 4. The van der Waals surface area contributed by atoms with Crippen LogP contribution in [0.1, 0.15) is 49.7 Å². The highest BCUT2D eigenvalue weighted by molar-refractivity contribution is 7.88. The van der Waals surface area contributed by atoms with Crippen LogP contribution in [-0.4, -0.2) is 62.8 Å². The lowest BCUT2D eigenvalue weighted by Gasteiger charge is -2.32. The Bertz CT molecular complexity index is 1220. The number of aryl methyl sites for hydroxylation is 1. The minimum absolute atomic E-state index is 0.00168. The van der Waals surface area contributed by atoms with E-state index in [2.05, 4.69) is 30.6 Å². The molecule has 2 aliphatic carbocycles. The standard InChI is InChI=1S/C25H35ClF2N6O3S/c1-37-21-12-8-15-7-9-16(29-14-22(27)28)10-11-17(15)23(21)32-25-30-13-18(26)24(33-25)31-19-5-3-4-6-20(19)34-38(2,35)36/h8,12-13,16,19-20,22,29,34H,3-7,9-11,14H2,1-2H3,(H2,30,31,32,33)/t16-,19-,20?/m1/s1. The normalized spacial score (nSPS) is 22.0. The van der Waals surface area contributed by atoms with Crippen molar-refractivity contribution in [2.45, 2.75) is 75.9 Å². The summed E-state index contributed by atoms with van der Waals surface area (Å²) in [4.78, 5) is 8.97. The second-order valence-electron chi connectivity index (χ2n) is 9.90. The summed E-state index contributed by atoms with van der Waals surface area (Å²) in [5, 5.41) is 9.92. The quantitative estimate of drug-likeness (QED) is 0.312. The van der Waals surface area contributed by atoms with Crippen molar-refractivity contribution >= 4 is 39.1 Å². The Kier molecular flexibility index (Phi) is 9.61. The maximum absolute atomic E-state index is 12.7. The van der Waals surface area contributed by atoms with Crippen LogP contribution in [0.4, 0.5) is 26.2 Å². The van der Waals surface area contributed by atoms with E-state index in [0.29, 0.717) is 35.4 Å². The second kappa shape index (κ2) is 12.7. The summed E-state index contributed by atoms with van der Waals surface area (Å²) in [5.41, 5.74) is 2.91. The van der Waals surface area contributed by atoms with E-state index in [-0.39, 0.29) is 24.7 Å². The number of benzene rings is 1. The number of anilines is 3. The molecule has 0 radical (unpaired) electrons. The second-order valence-corrected chi connectivity index (χ2v) is 12.1. The first-order valence-electron chi connectivity index (χ1n) is 12.9. The maximum atomic E-state index is 12.7. The van der Waals surface area contributed by atoms with Crippen LogP contribution in [0.3, 0.4) is 0 Å². The fraction of sp³-hybridized carbons (Fsp3) is 0.600. The Morgan fingerprint density at radius 3 is 2.58 bits per heavy atom. The average Bonchev–Trinajstić information content (AvgIpc) is 3.08. The zero-order chi connectivity index (χ0) is 27.3. The van der Waals surface area contributed by atoms with E-state index in [0.717, 1.165) is 61.6 Å². The topological polar surface area (TPSA) is 117 Å². The summed E-state index contributed by atoms with van der Waals surface area (Å²) in [6.07, 6.45) is 6.58. The van der Waals surface area contributed by atoms with Gasteiger partial charge in [-0.1, -0.05) is 30.5 Å². The molecule has 1 aromatic carbocycles. The van der Waals surface area contributed by atoms with Crippen molar-refractivity contribution in [1.82, 2.24) is 20.0 Å². The van der Waals surface area contributed by atoms with E-state index in [1.807, 2.05) is 12.1 Å². The minimum Gasteiger partial charge on any atom is -0.495 e. The Labute approximate surface area is 227 Å². The number of methoxy groups -OCH3 is 1. The third kappa shape index (κ3) is 7.64. The predicted octanol–water partition coefficient (Wildman–Crippen LogP) is 4.26. The van der Waals surface area contributed by atoms with Gasteiger partial charge in [-0.15, -0.1) is 0 Å². The lowest BCUT2D eigenvalue weighted by atomic mass is 9.91. The van der Waals surface area contributed by atoms with Gasteiger partial charge in [0.1, 0.15) is 10.8 Å². The van der Waals surface area contributed by atoms with Crippen molar-refractivity contribution in [3.8, 4) is 5.75 Å². The summed E-state index contributed by atoms with van der Waals surface area (Å²) in [5.74, 6) is 1.35. The fourth-order valence-electron chi connectivity index (χ4n) is 5.28. The van der Waals surface area contributed by atoms with E-state index in [9.17, 15) is 17.2 Å². The molecule has 1 aromatic heterocycles. The predicted molar refractivity (Wildman–Crippen MR) is 145 cm³/mol. The smallest absolute Gasteiger partial charge is 0.250 e. The van der Waals surface area contributed by atoms with Crippen LogP contribution in [-0.2, 0) is 22.9 Å². The molecule has 2 aliphatic rings. The number of ether oxygens (including phenoxy) is 1. The molecule has 13 heteroatoms. The van der Waals surface area contributed by atoms with Gasteiger partial charge in [0, 0.05) is 18.1 Å². The third-order valence-corrected chi connectivity index (χ3v) is 8.10. The first-order valence-corrected chi connectivity index (χ1v) is 15.1. The summed E-state index contributed by atoms with van der Waals surface area (Å²) >= 11 is 6.42. The molecule has 210 valence electrons. The third-order valence-electron chi connectivity index (χ3n) is 7.09. The SMILES string of the molecule is COc1ccc2c(c1Nc1ncc(Cl)c(N[C@@H]3CCCCC3NS(C)(=O)=O)n1)CC[C@H](NCC(F)F)CC2. The van der Waals surface area contributed by atoms with E-state index >= 15 is 0 Å². The van der Waals surface area contributed by atoms with Crippen molar-refractivity contribution in [1.29, 1.82) is 0 Å². The van der Waals surface area contributed by atoms with Gasteiger partial charge in [-0.05, 0) is 55.7 Å². The number of nitrogens with one attached hydrogen (secondary N) is 4. The van der Waals surface area contributed by atoms with Crippen LogP contribution >= 0.6 is 11.6 Å². The van der Waals surface area contributed by atoms with Gasteiger partial charge < -0.3 is 20.7 Å². The fourth-order valence-corrected chi connectivity index (χ4v) is 6.26. The average molecular weight is 573 g/mol. The molecular weight excluding hydrogens is 538 g/mol. The van der Waals surface area contributed by atoms with Gasteiger partial charge in [-0.2, -0.15) is 4.98 Å². The highest BCUT2D eigenvalue weighted by atomic mass is 35.5. The van der Waals surface area contributed by atoms with Crippen molar-refractivity contribution in [3.63, 3.8) is 0 Å². The van der Waals surface area contributed by atoms with Crippen molar-refractivity contribution in [2.24, 2.45) is 0 Å². The molecule has 4 N–H and O–H groups in total. The van der Waals surface area contributed by atoms with Gasteiger partial charge in [0.2, 0.25) is 16.0 Å². The van der Waals surface area contributed by atoms with E-state index in [4.69, 9.17) is 16.3 Å². The zero-order valence-electron chi connectivity index (χ0n) is 21.6. The lowest BCUT2D eigenvalue weighted by Crippen LogP contribution is -2.48. The molecule has 1 saturated carbocycles. The largest absolute Gasteiger partial charge is 0.495 e. The van der Waals surface area contributed by atoms with E-state index < -0.39 is 16.4 Å². The highest BCUT2D eigenvalue weighted by Gasteiger charge is 2.28. The van der Waals surface area contributed by atoms with Crippen LogP contribution in [0.15, 0.2) is 18.3 Å². The number of aromatic nitrogens is 2. The van der Waals surface area contributed by atoms with Crippen LogP contribution in [0.2, 0.25) is 5.02 Å². The van der Waals surface area contributed by atoms with Gasteiger partial charge in [-0.25, -0.2) is 26.9 Å².